The number of carbonyl (C=O) groups excluding carboxylic acids is 1. The Bertz CT molecular complexity index is 529. The predicted octanol–water partition coefficient (Wildman–Crippen LogP) is 3.27. The van der Waals surface area contributed by atoms with Gasteiger partial charge >= 0.3 is 0 Å². The number of rotatable bonds is 2. The second kappa shape index (κ2) is 4.80. The average Bonchev–Trinajstić information content (AvgIpc) is 2.92. The first-order chi connectivity index (χ1) is 9.06. The molecule has 0 spiro atoms. The number of carbonyl (C=O) groups is 1. The number of fused-ring (bicyclic) bond motifs is 1. The average molecular weight is 279 g/mol. The highest BCUT2D eigenvalue weighted by Gasteiger charge is 2.31. The molecule has 0 bridgehead atoms. The standard InChI is InChI=1S/C15H19ClN2O/c1-8-3-2-4-10(8)15(17)11-5-9-6-14(19)18-13(9)7-12(11)16/h5,7-8,10,15H,2-4,6,17H2,1H3,(H,18,19). The summed E-state index contributed by atoms with van der Waals surface area (Å²) in [5.41, 5.74) is 9.28. The molecule has 3 nitrogen and oxygen atoms in total. The zero-order valence-corrected chi connectivity index (χ0v) is 11.8. The Balaban J connectivity index is 1.93. The molecule has 1 fully saturated rings. The Labute approximate surface area is 118 Å². The lowest BCUT2D eigenvalue weighted by Crippen LogP contribution is -2.23. The zero-order valence-electron chi connectivity index (χ0n) is 11.1. The van der Waals surface area contributed by atoms with Crippen molar-refractivity contribution in [1.29, 1.82) is 0 Å². The first-order valence-electron chi connectivity index (χ1n) is 6.94. The van der Waals surface area contributed by atoms with Gasteiger partial charge in [0.2, 0.25) is 5.91 Å². The summed E-state index contributed by atoms with van der Waals surface area (Å²) in [6, 6.07) is 3.84. The maximum atomic E-state index is 11.4. The quantitative estimate of drug-likeness (QED) is 0.872. The Morgan fingerprint density at radius 3 is 2.89 bits per heavy atom. The Hall–Kier alpha value is -1.06. The summed E-state index contributed by atoms with van der Waals surface area (Å²) < 4.78 is 0. The van der Waals surface area contributed by atoms with Gasteiger partial charge in [-0.2, -0.15) is 0 Å². The van der Waals surface area contributed by atoms with Crippen LogP contribution in [0.3, 0.4) is 0 Å². The van der Waals surface area contributed by atoms with Gasteiger partial charge < -0.3 is 11.1 Å². The summed E-state index contributed by atoms with van der Waals surface area (Å²) in [5.74, 6) is 1.19. The lowest BCUT2D eigenvalue weighted by Gasteiger charge is -2.25. The highest BCUT2D eigenvalue weighted by molar-refractivity contribution is 6.32. The molecule has 0 saturated heterocycles. The predicted molar refractivity (Wildman–Crippen MR) is 77.2 cm³/mol. The van der Waals surface area contributed by atoms with Crippen LogP contribution in [0.4, 0.5) is 5.69 Å². The Morgan fingerprint density at radius 1 is 1.42 bits per heavy atom. The van der Waals surface area contributed by atoms with Gasteiger partial charge in [-0.05, 0) is 35.4 Å². The smallest absolute Gasteiger partial charge is 0.228 e. The molecule has 3 unspecified atom stereocenters. The number of hydrogen-bond acceptors (Lipinski definition) is 2. The lowest BCUT2D eigenvalue weighted by atomic mass is 9.86. The minimum Gasteiger partial charge on any atom is -0.325 e. The minimum atomic E-state index is -0.0222. The summed E-state index contributed by atoms with van der Waals surface area (Å²) in [6.07, 6.45) is 4.11. The molecule has 1 aliphatic carbocycles. The van der Waals surface area contributed by atoms with Crippen molar-refractivity contribution in [2.75, 3.05) is 5.32 Å². The van der Waals surface area contributed by atoms with E-state index in [-0.39, 0.29) is 11.9 Å². The second-order valence-corrected chi connectivity index (χ2v) is 6.26. The third-order valence-electron chi connectivity index (χ3n) is 4.60. The number of nitrogens with two attached hydrogens (primary N) is 1. The number of benzene rings is 1. The Morgan fingerprint density at radius 2 is 2.21 bits per heavy atom. The van der Waals surface area contributed by atoms with Crippen LogP contribution < -0.4 is 11.1 Å². The van der Waals surface area contributed by atoms with Crippen molar-refractivity contribution in [3.05, 3.63) is 28.3 Å². The van der Waals surface area contributed by atoms with Gasteiger partial charge in [0.1, 0.15) is 0 Å². The number of anilines is 1. The van der Waals surface area contributed by atoms with Gasteiger partial charge in [0.05, 0.1) is 6.42 Å². The van der Waals surface area contributed by atoms with Gasteiger partial charge in [0.25, 0.3) is 0 Å². The molecule has 1 amide bonds. The van der Waals surface area contributed by atoms with E-state index < -0.39 is 0 Å². The van der Waals surface area contributed by atoms with E-state index in [0.29, 0.717) is 23.3 Å². The van der Waals surface area contributed by atoms with Gasteiger partial charge in [0.15, 0.2) is 0 Å². The number of amides is 1. The van der Waals surface area contributed by atoms with Crippen molar-refractivity contribution < 1.29 is 4.79 Å². The van der Waals surface area contributed by atoms with Crippen LogP contribution in [0.1, 0.15) is 43.4 Å². The van der Waals surface area contributed by atoms with E-state index in [0.717, 1.165) is 16.8 Å². The summed E-state index contributed by atoms with van der Waals surface area (Å²) in [4.78, 5) is 11.4. The lowest BCUT2D eigenvalue weighted by molar-refractivity contribution is -0.115. The molecule has 3 atom stereocenters. The maximum absolute atomic E-state index is 11.4. The van der Waals surface area contributed by atoms with Crippen LogP contribution >= 0.6 is 11.6 Å². The molecule has 19 heavy (non-hydrogen) atoms. The van der Waals surface area contributed by atoms with Crippen molar-refractivity contribution in [3.8, 4) is 0 Å². The molecule has 3 N–H and O–H groups in total. The third kappa shape index (κ3) is 2.26. The fraction of sp³-hybridized carbons (Fsp3) is 0.533. The molecule has 1 heterocycles. The molecular formula is C15H19ClN2O. The molecule has 1 aliphatic heterocycles. The number of halogens is 1. The van der Waals surface area contributed by atoms with Gasteiger partial charge in [-0.3, -0.25) is 4.79 Å². The summed E-state index contributed by atoms with van der Waals surface area (Å²) in [6.45, 7) is 2.27. The number of hydrogen-bond donors (Lipinski definition) is 2. The van der Waals surface area contributed by atoms with Gasteiger partial charge in [-0.1, -0.05) is 37.4 Å². The van der Waals surface area contributed by atoms with E-state index in [1.165, 1.54) is 19.3 Å². The van der Waals surface area contributed by atoms with E-state index in [4.69, 9.17) is 17.3 Å². The molecule has 0 radical (unpaired) electrons. The van der Waals surface area contributed by atoms with Crippen LogP contribution in [0.25, 0.3) is 0 Å². The van der Waals surface area contributed by atoms with Gasteiger partial charge in [-0.25, -0.2) is 0 Å². The van der Waals surface area contributed by atoms with Crippen LogP contribution in [0.5, 0.6) is 0 Å². The van der Waals surface area contributed by atoms with Crippen molar-refractivity contribution >= 4 is 23.2 Å². The van der Waals surface area contributed by atoms with E-state index in [1.54, 1.807) is 0 Å². The van der Waals surface area contributed by atoms with E-state index in [9.17, 15) is 4.79 Å². The molecule has 1 aromatic carbocycles. The van der Waals surface area contributed by atoms with E-state index in [2.05, 4.69) is 12.2 Å². The summed E-state index contributed by atoms with van der Waals surface area (Å²) in [7, 11) is 0. The fourth-order valence-electron chi connectivity index (χ4n) is 3.46. The molecule has 102 valence electrons. The maximum Gasteiger partial charge on any atom is 0.228 e. The molecular weight excluding hydrogens is 260 g/mol. The molecule has 2 aliphatic rings. The third-order valence-corrected chi connectivity index (χ3v) is 4.92. The molecule has 4 heteroatoms. The largest absolute Gasteiger partial charge is 0.325 e. The first kappa shape index (κ1) is 12.9. The van der Waals surface area contributed by atoms with E-state index in [1.807, 2.05) is 12.1 Å². The van der Waals surface area contributed by atoms with Crippen molar-refractivity contribution in [3.63, 3.8) is 0 Å². The van der Waals surface area contributed by atoms with Gasteiger partial charge in [-0.15, -0.1) is 0 Å². The molecule has 0 aromatic heterocycles. The fourth-order valence-corrected chi connectivity index (χ4v) is 3.75. The topological polar surface area (TPSA) is 55.1 Å². The molecule has 1 saturated carbocycles. The highest BCUT2D eigenvalue weighted by atomic mass is 35.5. The van der Waals surface area contributed by atoms with Crippen LogP contribution in [0, 0.1) is 11.8 Å². The van der Waals surface area contributed by atoms with Crippen molar-refractivity contribution in [2.24, 2.45) is 17.6 Å². The van der Waals surface area contributed by atoms with Crippen molar-refractivity contribution in [2.45, 2.75) is 38.6 Å². The number of nitrogens with one attached hydrogen (secondary N) is 1. The van der Waals surface area contributed by atoms with Crippen LogP contribution in [-0.4, -0.2) is 5.91 Å². The van der Waals surface area contributed by atoms with Crippen LogP contribution in [0.15, 0.2) is 12.1 Å². The first-order valence-corrected chi connectivity index (χ1v) is 7.32. The Kier molecular flexibility index (Phi) is 3.27. The summed E-state index contributed by atoms with van der Waals surface area (Å²) in [5, 5.41) is 3.49. The van der Waals surface area contributed by atoms with Gasteiger partial charge in [0, 0.05) is 16.8 Å². The highest BCUT2D eigenvalue weighted by Crippen LogP contribution is 2.42. The minimum absolute atomic E-state index is 0.0222. The van der Waals surface area contributed by atoms with Crippen molar-refractivity contribution in [1.82, 2.24) is 0 Å². The second-order valence-electron chi connectivity index (χ2n) is 5.85. The molecule has 1 aromatic rings. The summed E-state index contributed by atoms with van der Waals surface area (Å²) >= 11 is 6.35. The monoisotopic (exact) mass is 278 g/mol. The van der Waals surface area contributed by atoms with E-state index >= 15 is 0 Å². The molecule has 3 rings (SSSR count). The normalized spacial score (nSPS) is 27.2. The SMILES string of the molecule is CC1CCCC1C(N)c1cc2c(cc1Cl)NC(=O)C2. The zero-order chi connectivity index (χ0) is 13.6. The van der Waals surface area contributed by atoms with Crippen LogP contribution in [-0.2, 0) is 11.2 Å². The van der Waals surface area contributed by atoms with Crippen LogP contribution in [0.2, 0.25) is 5.02 Å².